The third-order valence-electron chi connectivity index (χ3n) is 3.89. The highest BCUT2D eigenvalue weighted by Gasteiger charge is 2.19. The molecule has 0 unspecified atom stereocenters. The molecule has 2 aromatic carbocycles. The summed E-state index contributed by atoms with van der Waals surface area (Å²) in [4.78, 5) is 14.2. The van der Waals surface area contributed by atoms with Crippen LogP contribution in [0.1, 0.15) is 16.1 Å². The quantitative estimate of drug-likeness (QED) is 0.718. The van der Waals surface area contributed by atoms with Gasteiger partial charge in [-0.05, 0) is 42.0 Å². The van der Waals surface area contributed by atoms with Gasteiger partial charge in [0.1, 0.15) is 5.58 Å². The smallest absolute Gasteiger partial charge is 0.289 e. The van der Waals surface area contributed by atoms with Gasteiger partial charge < -0.3 is 18.8 Å². The molecule has 0 saturated heterocycles. The number of carbonyl (C=O) groups is 1. The molecule has 0 N–H and O–H groups in total. The van der Waals surface area contributed by atoms with Crippen molar-refractivity contribution in [2.24, 2.45) is 0 Å². The van der Waals surface area contributed by atoms with E-state index < -0.39 is 0 Å². The number of rotatable bonds is 3. The Balaban J connectivity index is 1.54. The van der Waals surface area contributed by atoms with Gasteiger partial charge in [-0.3, -0.25) is 4.79 Å². The fourth-order valence-corrected chi connectivity index (χ4v) is 2.87. The van der Waals surface area contributed by atoms with E-state index >= 15 is 0 Å². The van der Waals surface area contributed by atoms with Crippen molar-refractivity contribution in [3.8, 4) is 11.5 Å². The van der Waals surface area contributed by atoms with Gasteiger partial charge in [0.05, 0.1) is 0 Å². The molecule has 0 spiro atoms. The molecule has 122 valence electrons. The number of fused-ring (bicyclic) bond motifs is 2. The second kappa shape index (κ2) is 5.76. The van der Waals surface area contributed by atoms with E-state index in [2.05, 4.69) is 0 Å². The normalized spacial score (nSPS) is 12.6. The third-order valence-corrected chi connectivity index (χ3v) is 4.13. The van der Waals surface area contributed by atoms with Crippen LogP contribution in [0.2, 0.25) is 5.02 Å². The number of halogens is 1. The average Bonchev–Trinajstić information content (AvgIpc) is 3.19. The lowest BCUT2D eigenvalue weighted by Gasteiger charge is -2.16. The van der Waals surface area contributed by atoms with E-state index in [1.165, 1.54) is 0 Å². The zero-order valence-corrected chi connectivity index (χ0v) is 13.7. The summed E-state index contributed by atoms with van der Waals surface area (Å²) >= 11 is 5.96. The summed E-state index contributed by atoms with van der Waals surface area (Å²) in [5, 5.41) is 1.42. The Hall–Kier alpha value is -2.66. The fourth-order valence-electron chi connectivity index (χ4n) is 2.69. The minimum Gasteiger partial charge on any atom is -0.454 e. The van der Waals surface area contributed by atoms with Gasteiger partial charge in [0, 0.05) is 24.0 Å². The van der Waals surface area contributed by atoms with Gasteiger partial charge in [-0.25, -0.2) is 0 Å². The second-order valence-electron chi connectivity index (χ2n) is 5.64. The van der Waals surface area contributed by atoms with Crippen LogP contribution in [0.3, 0.4) is 0 Å². The summed E-state index contributed by atoms with van der Waals surface area (Å²) in [6.45, 7) is 0.669. The summed E-state index contributed by atoms with van der Waals surface area (Å²) in [6, 6.07) is 12.6. The molecule has 5 nitrogen and oxygen atoms in total. The maximum atomic E-state index is 12.6. The zero-order valence-electron chi connectivity index (χ0n) is 12.9. The number of hydrogen-bond donors (Lipinski definition) is 0. The lowest BCUT2D eigenvalue weighted by Crippen LogP contribution is -2.25. The Labute approximate surface area is 143 Å². The number of ether oxygens (including phenoxy) is 2. The zero-order chi connectivity index (χ0) is 16.7. The van der Waals surface area contributed by atoms with E-state index in [4.69, 9.17) is 25.5 Å². The number of carbonyl (C=O) groups excluding carboxylic acids is 1. The standard InChI is InChI=1S/C18H14ClNO4/c1-20(9-11-2-4-15-16(6-11)23-10-22-15)18(21)17-8-12-7-13(19)3-5-14(12)24-17/h2-8H,9-10H2,1H3. The van der Waals surface area contributed by atoms with Crippen LogP contribution in [0, 0.1) is 0 Å². The van der Waals surface area contributed by atoms with Crippen molar-refractivity contribution in [1.29, 1.82) is 0 Å². The molecule has 1 aliphatic rings. The van der Waals surface area contributed by atoms with Crippen LogP contribution in [0.4, 0.5) is 0 Å². The molecular weight excluding hydrogens is 330 g/mol. The van der Waals surface area contributed by atoms with Crippen molar-refractivity contribution in [2.75, 3.05) is 13.8 Å². The number of amides is 1. The number of furan rings is 1. The van der Waals surface area contributed by atoms with Gasteiger partial charge in [-0.1, -0.05) is 17.7 Å². The first-order chi connectivity index (χ1) is 11.6. The monoisotopic (exact) mass is 343 g/mol. The van der Waals surface area contributed by atoms with E-state index in [9.17, 15) is 4.79 Å². The molecule has 1 aliphatic heterocycles. The summed E-state index contributed by atoms with van der Waals surface area (Å²) < 4.78 is 16.3. The molecule has 24 heavy (non-hydrogen) atoms. The maximum absolute atomic E-state index is 12.6. The molecular formula is C18H14ClNO4. The lowest BCUT2D eigenvalue weighted by molar-refractivity contribution is 0.0755. The first-order valence-electron chi connectivity index (χ1n) is 7.43. The van der Waals surface area contributed by atoms with Crippen molar-refractivity contribution in [2.45, 2.75) is 6.54 Å². The minimum atomic E-state index is -0.194. The second-order valence-corrected chi connectivity index (χ2v) is 6.08. The van der Waals surface area contributed by atoms with E-state index in [0.29, 0.717) is 22.9 Å². The van der Waals surface area contributed by atoms with Crippen molar-refractivity contribution in [1.82, 2.24) is 4.90 Å². The lowest BCUT2D eigenvalue weighted by atomic mass is 10.2. The van der Waals surface area contributed by atoms with Crippen molar-refractivity contribution >= 4 is 28.5 Å². The van der Waals surface area contributed by atoms with Crippen LogP contribution in [0.25, 0.3) is 11.0 Å². The van der Waals surface area contributed by atoms with Gasteiger partial charge in [-0.15, -0.1) is 0 Å². The van der Waals surface area contributed by atoms with Gasteiger partial charge in [0.15, 0.2) is 17.3 Å². The average molecular weight is 344 g/mol. The molecule has 0 bridgehead atoms. The molecule has 1 amide bonds. The highest BCUT2D eigenvalue weighted by molar-refractivity contribution is 6.31. The number of nitrogens with zero attached hydrogens (tertiary/aromatic N) is 1. The Kier molecular flexibility index (Phi) is 3.58. The Morgan fingerprint density at radius 3 is 2.83 bits per heavy atom. The fraction of sp³-hybridized carbons (Fsp3) is 0.167. The maximum Gasteiger partial charge on any atom is 0.289 e. The molecule has 6 heteroatoms. The molecule has 0 radical (unpaired) electrons. The van der Waals surface area contributed by atoms with E-state index in [0.717, 1.165) is 16.7 Å². The van der Waals surface area contributed by atoms with Crippen LogP contribution >= 0.6 is 11.6 Å². The predicted octanol–water partition coefficient (Wildman–Crippen LogP) is 4.09. The first-order valence-corrected chi connectivity index (χ1v) is 7.81. The van der Waals surface area contributed by atoms with Crippen LogP contribution in [-0.4, -0.2) is 24.6 Å². The largest absolute Gasteiger partial charge is 0.454 e. The molecule has 0 aliphatic carbocycles. The van der Waals surface area contributed by atoms with E-state index in [-0.39, 0.29) is 18.5 Å². The van der Waals surface area contributed by atoms with Gasteiger partial charge >= 0.3 is 0 Å². The number of benzene rings is 2. The van der Waals surface area contributed by atoms with Crippen LogP contribution in [0.15, 0.2) is 46.9 Å². The molecule has 0 saturated carbocycles. The molecule has 3 aromatic rings. The third kappa shape index (κ3) is 2.67. The van der Waals surface area contributed by atoms with Crippen molar-refractivity contribution in [3.63, 3.8) is 0 Å². The van der Waals surface area contributed by atoms with E-state index in [1.807, 2.05) is 18.2 Å². The topological polar surface area (TPSA) is 51.9 Å². The highest BCUT2D eigenvalue weighted by Crippen LogP contribution is 2.33. The predicted molar refractivity (Wildman–Crippen MR) is 89.6 cm³/mol. The van der Waals surface area contributed by atoms with Gasteiger partial charge in [0.25, 0.3) is 5.91 Å². The molecule has 0 fully saturated rings. The molecule has 4 rings (SSSR count). The van der Waals surface area contributed by atoms with Crippen LogP contribution in [-0.2, 0) is 6.54 Å². The van der Waals surface area contributed by atoms with Gasteiger partial charge in [-0.2, -0.15) is 0 Å². The summed E-state index contributed by atoms with van der Waals surface area (Å²) in [7, 11) is 1.73. The van der Waals surface area contributed by atoms with Crippen LogP contribution in [0.5, 0.6) is 11.5 Å². The molecule has 0 atom stereocenters. The first kappa shape index (κ1) is 14.9. The Bertz CT molecular complexity index is 934. The number of hydrogen-bond acceptors (Lipinski definition) is 4. The van der Waals surface area contributed by atoms with Crippen molar-refractivity contribution in [3.05, 3.63) is 58.8 Å². The van der Waals surface area contributed by atoms with Crippen LogP contribution < -0.4 is 9.47 Å². The Morgan fingerprint density at radius 2 is 1.96 bits per heavy atom. The molecule has 1 aromatic heterocycles. The van der Waals surface area contributed by atoms with Gasteiger partial charge in [0.2, 0.25) is 6.79 Å². The van der Waals surface area contributed by atoms with E-state index in [1.54, 1.807) is 36.2 Å². The summed E-state index contributed by atoms with van der Waals surface area (Å²) in [5.74, 6) is 1.52. The Morgan fingerprint density at radius 1 is 1.12 bits per heavy atom. The molecule has 2 heterocycles. The SMILES string of the molecule is CN(Cc1ccc2c(c1)OCO2)C(=O)c1cc2cc(Cl)ccc2o1. The summed E-state index contributed by atoms with van der Waals surface area (Å²) in [5.41, 5.74) is 1.59. The highest BCUT2D eigenvalue weighted by atomic mass is 35.5. The summed E-state index contributed by atoms with van der Waals surface area (Å²) in [6.07, 6.45) is 0. The van der Waals surface area contributed by atoms with Crippen molar-refractivity contribution < 1.29 is 18.7 Å². The minimum absolute atomic E-state index is 0.194.